The van der Waals surface area contributed by atoms with Crippen LogP contribution in [0.1, 0.15) is 37.7 Å². The molecule has 1 aromatic heterocycles. The molecule has 1 atom stereocenters. The van der Waals surface area contributed by atoms with E-state index in [1.807, 2.05) is 6.92 Å². The molecule has 0 saturated heterocycles. The quantitative estimate of drug-likeness (QED) is 0.880. The van der Waals surface area contributed by atoms with E-state index < -0.39 is 0 Å². The van der Waals surface area contributed by atoms with E-state index in [-0.39, 0.29) is 17.1 Å². The second kappa shape index (κ2) is 5.80. The molecule has 0 radical (unpaired) electrons. The molecule has 5 heteroatoms. The Balaban J connectivity index is 2.68. The molecular weight excluding hydrogens is 226 g/mol. The average Bonchev–Trinajstić information content (AvgIpc) is 2.26. The summed E-state index contributed by atoms with van der Waals surface area (Å²) in [5, 5.41) is 3.20. The van der Waals surface area contributed by atoms with E-state index in [4.69, 9.17) is 11.6 Å². The summed E-state index contributed by atoms with van der Waals surface area (Å²) < 4.78 is 0. The van der Waals surface area contributed by atoms with Gasteiger partial charge in [0.15, 0.2) is 0 Å². The molecule has 0 aliphatic rings. The monoisotopic (exact) mass is 241 g/mol. The molecule has 0 spiro atoms. The van der Waals surface area contributed by atoms with Crippen molar-refractivity contribution in [2.75, 3.05) is 0 Å². The van der Waals surface area contributed by atoms with Gasteiger partial charge in [0.05, 0.1) is 12.4 Å². The number of nitrogens with zero attached hydrogens (tertiary/aromatic N) is 2. The summed E-state index contributed by atoms with van der Waals surface area (Å²) >= 11 is 5.59. The zero-order chi connectivity index (χ0) is 12.1. The van der Waals surface area contributed by atoms with Gasteiger partial charge in [-0.1, -0.05) is 32.4 Å². The van der Waals surface area contributed by atoms with Crippen molar-refractivity contribution in [1.82, 2.24) is 15.3 Å². The highest BCUT2D eigenvalue weighted by molar-refractivity contribution is 6.29. The van der Waals surface area contributed by atoms with Gasteiger partial charge in [-0.2, -0.15) is 0 Å². The van der Waals surface area contributed by atoms with E-state index in [1.165, 1.54) is 12.4 Å². The van der Waals surface area contributed by atoms with Gasteiger partial charge in [-0.3, -0.25) is 4.79 Å². The normalized spacial score (nSPS) is 12.6. The maximum absolute atomic E-state index is 11.8. The molecule has 1 N–H and O–H groups in total. The van der Waals surface area contributed by atoms with Crippen LogP contribution in [0.2, 0.25) is 5.15 Å². The number of rotatable bonds is 4. The van der Waals surface area contributed by atoms with Crippen LogP contribution in [0.5, 0.6) is 0 Å². The molecule has 4 nitrogen and oxygen atoms in total. The number of amides is 1. The van der Waals surface area contributed by atoms with Crippen LogP contribution >= 0.6 is 11.6 Å². The van der Waals surface area contributed by atoms with Gasteiger partial charge in [0.25, 0.3) is 5.91 Å². The summed E-state index contributed by atoms with van der Waals surface area (Å²) in [4.78, 5) is 19.5. The Morgan fingerprint density at radius 2 is 2.12 bits per heavy atom. The smallest absolute Gasteiger partial charge is 0.271 e. The second-order valence-corrected chi connectivity index (χ2v) is 4.34. The fourth-order valence-corrected chi connectivity index (χ4v) is 1.51. The third-order valence-corrected chi connectivity index (χ3v) is 2.61. The Morgan fingerprint density at radius 1 is 1.44 bits per heavy atom. The van der Waals surface area contributed by atoms with E-state index in [0.29, 0.717) is 11.6 Å². The lowest BCUT2D eigenvalue weighted by Crippen LogP contribution is -2.38. The Labute approximate surface area is 100 Å². The van der Waals surface area contributed by atoms with Crippen LogP contribution in [0.25, 0.3) is 0 Å². The molecule has 0 bridgehead atoms. The molecule has 16 heavy (non-hydrogen) atoms. The fourth-order valence-electron chi connectivity index (χ4n) is 1.41. The van der Waals surface area contributed by atoms with Gasteiger partial charge in [0.2, 0.25) is 0 Å². The van der Waals surface area contributed by atoms with Crippen molar-refractivity contribution in [3.05, 3.63) is 23.2 Å². The number of hydrogen-bond donors (Lipinski definition) is 1. The van der Waals surface area contributed by atoms with Crippen LogP contribution in [0.3, 0.4) is 0 Å². The SMILES string of the molecule is CCC(NC(=O)c1cnc(Cl)cn1)C(C)C. The summed E-state index contributed by atoms with van der Waals surface area (Å²) in [5.74, 6) is 0.193. The number of aromatic nitrogens is 2. The van der Waals surface area contributed by atoms with Crippen molar-refractivity contribution in [1.29, 1.82) is 0 Å². The minimum atomic E-state index is -0.204. The van der Waals surface area contributed by atoms with E-state index in [0.717, 1.165) is 6.42 Å². The maximum atomic E-state index is 11.8. The molecule has 1 unspecified atom stereocenters. The summed E-state index contributed by atoms with van der Waals surface area (Å²) in [5.41, 5.74) is 0.295. The van der Waals surface area contributed by atoms with Gasteiger partial charge in [-0.05, 0) is 12.3 Å². The third-order valence-electron chi connectivity index (χ3n) is 2.41. The van der Waals surface area contributed by atoms with Crippen LogP contribution in [0.4, 0.5) is 0 Å². The molecule has 0 aromatic carbocycles. The highest BCUT2D eigenvalue weighted by atomic mass is 35.5. The van der Waals surface area contributed by atoms with E-state index >= 15 is 0 Å². The van der Waals surface area contributed by atoms with Crippen molar-refractivity contribution >= 4 is 17.5 Å². The maximum Gasteiger partial charge on any atom is 0.271 e. The van der Waals surface area contributed by atoms with Crippen molar-refractivity contribution < 1.29 is 4.79 Å². The van der Waals surface area contributed by atoms with Crippen LogP contribution in [0.15, 0.2) is 12.4 Å². The predicted molar refractivity (Wildman–Crippen MR) is 63.4 cm³/mol. The highest BCUT2D eigenvalue weighted by Gasteiger charge is 2.16. The largest absolute Gasteiger partial charge is 0.348 e. The van der Waals surface area contributed by atoms with Gasteiger partial charge >= 0.3 is 0 Å². The van der Waals surface area contributed by atoms with Crippen LogP contribution in [0, 0.1) is 5.92 Å². The van der Waals surface area contributed by atoms with Crippen LogP contribution < -0.4 is 5.32 Å². The first-order chi connectivity index (χ1) is 7.54. The van der Waals surface area contributed by atoms with Crippen molar-refractivity contribution in [2.45, 2.75) is 33.2 Å². The lowest BCUT2D eigenvalue weighted by Gasteiger charge is -2.20. The van der Waals surface area contributed by atoms with Gasteiger partial charge in [-0.15, -0.1) is 0 Å². The number of halogens is 1. The second-order valence-electron chi connectivity index (χ2n) is 3.96. The lowest BCUT2D eigenvalue weighted by molar-refractivity contribution is 0.0919. The predicted octanol–water partition coefficient (Wildman–Crippen LogP) is 2.29. The first-order valence-corrected chi connectivity index (χ1v) is 5.70. The van der Waals surface area contributed by atoms with E-state index in [9.17, 15) is 4.79 Å². The first-order valence-electron chi connectivity index (χ1n) is 5.33. The molecular formula is C11H16ClN3O. The number of nitrogens with one attached hydrogen (secondary N) is 1. The van der Waals surface area contributed by atoms with Gasteiger partial charge < -0.3 is 5.32 Å². The summed E-state index contributed by atoms with van der Waals surface area (Å²) in [7, 11) is 0. The molecule has 1 aromatic rings. The number of carbonyl (C=O) groups excluding carboxylic acids is 1. The Kier molecular flexibility index (Phi) is 4.68. The Bertz CT molecular complexity index is 351. The number of hydrogen-bond acceptors (Lipinski definition) is 3. The van der Waals surface area contributed by atoms with Crippen LogP contribution in [-0.4, -0.2) is 21.9 Å². The average molecular weight is 242 g/mol. The first kappa shape index (κ1) is 12.9. The molecule has 1 heterocycles. The molecule has 88 valence electrons. The summed E-state index contributed by atoms with van der Waals surface area (Å²) in [6, 6.07) is 0.157. The standard InChI is InChI=1S/C11H16ClN3O/c1-4-8(7(2)3)15-11(16)9-5-14-10(12)6-13-9/h5-8H,4H2,1-3H3,(H,15,16). The molecule has 0 fully saturated rings. The van der Waals surface area contributed by atoms with Gasteiger partial charge in [0.1, 0.15) is 10.8 Å². The minimum Gasteiger partial charge on any atom is -0.348 e. The fraction of sp³-hybridized carbons (Fsp3) is 0.545. The summed E-state index contributed by atoms with van der Waals surface area (Å²) in [6.45, 7) is 6.18. The molecule has 1 amide bonds. The molecule has 0 aliphatic heterocycles. The lowest BCUT2D eigenvalue weighted by atomic mass is 10.0. The molecule has 0 saturated carbocycles. The number of carbonyl (C=O) groups is 1. The topological polar surface area (TPSA) is 54.9 Å². The van der Waals surface area contributed by atoms with Crippen molar-refractivity contribution in [3.63, 3.8) is 0 Å². The highest BCUT2D eigenvalue weighted by Crippen LogP contribution is 2.07. The van der Waals surface area contributed by atoms with E-state index in [1.54, 1.807) is 0 Å². The van der Waals surface area contributed by atoms with Gasteiger partial charge in [0, 0.05) is 6.04 Å². The zero-order valence-corrected chi connectivity index (χ0v) is 10.5. The molecule has 1 rings (SSSR count). The Hall–Kier alpha value is -1.16. The Morgan fingerprint density at radius 3 is 2.56 bits per heavy atom. The van der Waals surface area contributed by atoms with Gasteiger partial charge in [-0.25, -0.2) is 9.97 Å². The molecule has 0 aliphatic carbocycles. The summed E-state index contributed by atoms with van der Waals surface area (Å²) in [6.07, 6.45) is 3.64. The minimum absolute atomic E-state index is 0.157. The van der Waals surface area contributed by atoms with Crippen LogP contribution in [-0.2, 0) is 0 Å². The third kappa shape index (κ3) is 3.45. The van der Waals surface area contributed by atoms with Crippen molar-refractivity contribution in [2.24, 2.45) is 5.92 Å². The van der Waals surface area contributed by atoms with E-state index in [2.05, 4.69) is 29.1 Å². The zero-order valence-electron chi connectivity index (χ0n) is 9.70. The van der Waals surface area contributed by atoms with Crippen molar-refractivity contribution in [3.8, 4) is 0 Å².